The summed E-state index contributed by atoms with van der Waals surface area (Å²) in [5.74, 6) is 0. The number of hydrogen-bond donors (Lipinski definition) is 0. The number of rotatable bonds is 7. The first-order valence-electron chi connectivity index (χ1n) is 20.0. The van der Waals surface area contributed by atoms with Crippen molar-refractivity contribution < 1.29 is 0 Å². The first-order valence-corrected chi connectivity index (χ1v) is 22.0. The maximum atomic E-state index is 2.52. The number of benzene rings is 8. The Labute approximate surface area is 334 Å². The zero-order valence-electron chi connectivity index (χ0n) is 31.5. The fourth-order valence-electron chi connectivity index (χ4n) is 9.82. The van der Waals surface area contributed by atoms with E-state index >= 15 is 0 Å². The number of nitrogens with zero attached hydrogens (tertiary/aromatic N) is 2. The lowest BCUT2D eigenvalue weighted by Crippen LogP contribution is -2.75. The molecule has 11 rings (SSSR count). The first kappa shape index (κ1) is 33.4. The second-order valence-electron chi connectivity index (χ2n) is 15.2. The average molecular weight is 745 g/mol. The molecular weight excluding hydrogens is 705 g/mol. The van der Waals surface area contributed by atoms with Gasteiger partial charge in [0.1, 0.15) is 0 Å². The molecule has 0 amide bonds. The SMILES string of the molecule is C1=C(c2ccc([Si](c3ccccc3)(c3ccccc3)c3cccc4c5ccccc5n(-c5ccccc5)c34)cc2)C=C2c3ccccc3N(c3ccccc3)C2C1. The molecule has 0 bridgehead atoms. The van der Waals surface area contributed by atoms with Crippen LogP contribution in [-0.2, 0) is 0 Å². The molecule has 57 heavy (non-hydrogen) atoms. The summed E-state index contributed by atoms with van der Waals surface area (Å²) in [6, 6.07) is 79.1. The molecule has 3 heteroatoms. The maximum absolute atomic E-state index is 2.94. The monoisotopic (exact) mass is 744 g/mol. The van der Waals surface area contributed by atoms with Crippen LogP contribution in [0, 0.1) is 0 Å². The molecule has 8 aromatic carbocycles. The van der Waals surface area contributed by atoms with E-state index in [1.807, 2.05) is 0 Å². The van der Waals surface area contributed by atoms with Gasteiger partial charge in [-0.15, -0.1) is 0 Å². The zero-order chi connectivity index (χ0) is 37.8. The van der Waals surface area contributed by atoms with E-state index in [-0.39, 0.29) is 6.04 Å². The summed E-state index contributed by atoms with van der Waals surface area (Å²) in [6.07, 6.45) is 5.84. The van der Waals surface area contributed by atoms with Crippen molar-refractivity contribution in [1.29, 1.82) is 0 Å². The van der Waals surface area contributed by atoms with Gasteiger partial charge in [-0.3, -0.25) is 0 Å². The molecule has 9 aromatic rings. The Morgan fingerprint density at radius 2 is 1.02 bits per heavy atom. The van der Waals surface area contributed by atoms with E-state index in [1.165, 1.54) is 81.9 Å². The molecule has 0 saturated heterocycles. The molecule has 0 fully saturated rings. The van der Waals surface area contributed by atoms with E-state index < -0.39 is 8.07 Å². The normalized spacial score (nSPS) is 14.9. The Kier molecular flexibility index (Phi) is 8.01. The topological polar surface area (TPSA) is 8.17 Å². The van der Waals surface area contributed by atoms with E-state index in [1.54, 1.807) is 0 Å². The van der Waals surface area contributed by atoms with Crippen molar-refractivity contribution in [2.45, 2.75) is 12.5 Å². The Hall–Kier alpha value is -6.94. The third kappa shape index (κ3) is 5.23. The van der Waals surface area contributed by atoms with Crippen LogP contribution in [0.3, 0.4) is 0 Å². The van der Waals surface area contributed by atoms with Crippen molar-refractivity contribution in [3.05, 3.63) is 236 Å². The highest BCUT2D eigenvalue weighted by molar-refractivity contribution is 7.20. The Bertz CT molecular complexity index is 2930. The Morgan fingerprint density at radius 3 is 1.72 bits per heavy atom. The summed E-state index contributed by atoms with van der Waals surface area (Å²) in [6.45, 7) is 0. The van der Waals surface area contributed by atoms with Crippen LogP contribution >= 0.6 is 0 Å². The van der Waals surface area contributed by atoms with E-state index in [0.29, 0.717) is 0 Å². The van der Waals surface area contributed by atoms with Gasteiger partial charge < -0.3 is 9.47 Å². The first-order chi connectivity index (χ1) is 28.3. The van der Waals surface area contributed by atoms with Crippen LogP contribution < -0.4 is 25.6 Å². The molecule has 2 heterocycles. The van der Waals surface area contributed by atoms with Gasteiger partial charge in [-0.25, -0.2) is 0 Å². The number of hydrogen-bond acceptors (Lipinski definition) is 1. The molecule has 1 aliphatic heterocycles. The maximum Gasteiger partial charge on any atom is 0.181 e. The fraction of sp³-hybridized carbons (Fsp3) is 0.0370. The Morgan fingerprint density at radius 1 is 0.456 bits per heavy atom. The predicted octanol–water partition coefficient (Wildman–Crippen LogP) is 10.6. The molecule has 2 aliphatic rings. The van der Waals surface area contributed by atoms with Crippen molar-refractivity contribution in [2.24, 2.45) is 0 Å². The minimum atomic E-state index is -2.94. The van der Waals surface area contributed by atoms with Crippen LogP contribution in [0.2, 0.25) is 0 Å². The van der Waals surface area contributed by atoms with Crippen molar-refractivity contribution in [1.82, 2.24) is 4.57 Å². The summed E-state index contributed by atoms with van der Waals surface area (Å²) in [5.41, 5.74) is 11.5. The van der Waals surface area contributed by atoms with Gasteiger partial charge in [0, 0.05) is 33.4 Å². The lowest BCUT2D eigenvalue weighted by Gasteiger charge is -2.35. The second-order valence-corrected chi connectivity index (χ2v) is 19.0. The van der Waals surface area contributed by atoms with E-state index in [4.69, 9.17) is 0 Å². The van der Waals surface area contributed by atoms with E-state index in [9.17, 15) is 0 Å². The highest BCUT2D eigenvalue weighted by atomic mass is 28.3. The van der Waals surface area contributed by atoms with Gasteiger partial charge in [0.15, 0.2) is 8.07 Å². The number of anilines is 2. The van der Waals surface area contributed by atoms with Gasteiger partial charge in [0.25, 0.3) is 0 Å². The average Bonchev–Trinajstić information content (AvgIpc) is 3.81. The number of allylic oxidation sites excluding steroid dienone is 2. The molecule has 270 valence electrons. The third-order valence-corrected chi connectivity index (χ3v) is 17.0. The van der Waals surface area contributed by atoms with Gasteiger partial charge in [0.05, 0.1) is 17.1 Å². The van der Waals surface area contributed by atoms with Crippen LogP contribution in [0.1, 0.15) is 17.5 Å². The summed E-state index contributed by atoms with van der Waals surface area (Å²) in [7, 11) is -2.94. The summed E-state index contributed by atoms with van der Waals surface area (Å²) in [5, 5.41) is 8.04. The quantitative estimate of drug-likeness (QED) is 0.117. The van der Waals surface area contributed by atoms with Crippen molar-refractivity contribution in [3.8, 4) is 5.69 Å². The highest BCUT2D eigenvalue weighted by Crippen LogP contribution is 2.48. The molecule has 0 N–H and O–H groups in total. The zero-order valence-corrected chi connectivity index (χ0v) is 32.5. The lowest BCUT2D eigenvalue weighted by molar-refractivity contribution is 0.831. The number of aromatic nitrogens is 1. The van der Waals surface area contributed by atoms with E-state index in [2.05, 4.69) is 234 Å². The molecule has 1 unspecified atom stereocenters. The van der Waals surface area contributed by atoms with Crippen LogP contribution in [0.15, 0.2) is 224 Å². The summed E-state index contributed by atoms with van der Waals surface area (Å²) < 4.78 is 2.51. The fourth-order valence-corrected chi connectivity index (χ4v) is 14.7. The van der Waals surface area contributed by atoms with Gasteiger partial charge >= 0.3 is 0 Å². The molecule has 0 saturated carbocycles. The molecule has 1 aliphatic carbocycles. The minimum Gasteiger partial charge on any atom is -0.333 e. The molecule has 2 nitrogen and oxygen atoms in total. The third-order valence-electron chi connectivity index (χ3n) is 12.2. The van der Waals surface area contributed by atoms with Crippen LogP contribution in [0.25, 0.3) is 38.6 Å². The predicted molar refractivity (Wildman–Crippen MR) is 244 cm³/mol. The van der Waals surface area contributed by atoms with Gasteiger partial charge in [-0.2, -0.15) is 0 Å². The second kappa shape index (κ2) is 13.7. The van der Waals surface area contributed by atoms with Gasteiger partial charge in [-0.05, 0) is 86.4 Å². The highest BCUT2D eigenvalue weighted by Gasteiger charge is 2.44. The minimum absolute atomic E-state index is 0.279. The number of para-hydroxylation sites is 5. The molecule has 0 spiro atoms. The smallest absolute Gasteiger partial charge is 0.181 e. The van der Waals surface area contributed by atoms with Crippen LogP contribution in [-0.4, -0.2) is 18.7 Å². The standard InChI is InChI=1S/C54H40N2Si/c1-5-18-41(19-6-1)55-50-29-15-14-27-47(50)49-38-40(34-37-52(49)55)39-32-35-45(36-33-39)57(43-22-9-3-10-23-43,44-24-11-4-12-25-44)53-31-17-28-48-46-26-13-16-30-51(46)56(54(48)53)42-20-7-2-8-21-42/h1-36,38,52H,37H2. The Balaban J connectivity index is 1.12. The molecular formula is C54H40N2Si. The largest absolute Gasteiger partial charge is 0.333 e. The van der Waals surface area contributed by atoms with Crippen molar-refractivity contribution in [3.63, 3.8) is 0 Å². The van der Waals surface area contributed by atoms with E-state index in [0.717, 1.165) is 6.42 Å². The summed E-state index contributed by atoms with van der Waals surface area (Å²) >= 11 is 0. The van der Waals surface area contributed by atoms with Crippen molar-refractivity contribution in [2.75, 3.05) is 4.90 Å². The van der Waals surface area contributed by atoms with Crippen molar-refractivity contribution >= 4 is 73.1 Å². The summed E-state index contributed by atoms with van der Waals surface area (Å²) in [4.78, 5) is 2.52. The van der Waals surface area contributed by atoms with Gasteiger partial charge in [0.2, 0.25) is 0 Å². The van der Waals surface area contributed by atoms with Crippen LogP contribution in [0.5, 0.6) is 0 Å². The molecule has 1 atom stereocenters. The van der Waals surface area contributed by atoms with Gasteiger partial charge in [-0.1, -0.05) is 182 Å². The molecule has 1 aromatic heterocycles. The lowest BCUT2D eigenvalue weighted by atomic mass is 9.89. The molecule has 0 radical (unpaired) electrons. The number of fused-ring (bicyclic) bond motifs is 6. The van der Waals surface area contributed by atoms with Crippen LogP contribution in [0.4, 0.5) is 11.4 Å².